The van der Waals surface area contributed by atoms with Crippen LogP contribution in [0.15, 0.2) is 48.7 Å². The van der Waals surface area contributed by atoms with Crippen LogP contribution in [0.3, 0.4) is 0 Å². The molecule has 0 saturated carbocycles. The maximum absolute atomic E-state index is 14.6. The maximum atomic E-state index is 14.6. The average Bonchev–Trinajstić information content (AvgIpc) is 2.83. The standard InChI is InChI=1S/C26H27ClFN5O2/c1-16-5-4-6-21(28)23(16)26(35)32(3)25-22(33-11-9-31(2)10-12-33)14-18(15-30-25)19-13-17(24(29)34)7-8-20(19)27/h4-8,13-15H,9-12H2,1-3H3,(H2,29,34). The molecule has 2 N–H and O–H groups in total. The summed E-state index contributed by atoms with van der Waals surface area (Å²) in [6.45, 7) is 4.84. The average molecular weight is 496 g/mol. The molecule has 0 radical (unpaired) electrons. The number of primary amides is 1. The van der Waals surface area contributed by atoms with E-state index in [1.54, 1.807) is 50.5 Å². The third-order valence-corrected chi connectivity index (χ3v) is 6.64. The van der Waals surface area contributed by atoms with Crippen molar-refractivity contribution in [3.8, 4) is 11.1 Å². The van der Waals surface area contributed by atoms with Gasteiger partial charge in [-0.25, -0.2) is 9.37 Å². The Bertz CT molecular complexity index is 1270. The van der Waals surface area contributed by atoms with E-state index in [2.05, 4.69) is 21.8 Å². The molecule has 1 fully saturated rings. The zero-order valence-corrected chi connectivity index (χ0v) is 20.6. The second-order valence-corrected chi connectivity index (χ2v) is 9.12. The van der Waals surface area contributed by atoms with Crippen LogP contribution >= 0.6 is 11.6 Å². The molecular weight excluding hydrogens is 469 g/mol. The molecule has 7 nitrogen and oxygen atoms in total. The van der Waals surface area contributed by atoms with E-state index in [1.165, 1.54) is 11.0 Å². The second-order valence-electron chi connectivity index (χ2n) is 8.71. The van der Waals surface area contributed by atoms with Gasteiger partial charge in [0.15, 0.2) is 5.82 Å². The fraction of sp³-hybridized carbons (Fsp3) is 0.269. The van der Waals surface area contributed by atoms with Crippen LogP contribution in [-0.2, 0) is 0 Å². The molecule has 3 aromatic rings. The van der Waals surface area contributed by atoms with Crippen LogP contribution < -0.4 is 15.5 Å². The third kappa shape index (κ3) is 4.99. The zero-order chi connectivity index (χ0) is 25.3. The molecule has 0 atom stereocenters. The first-order chi connectivity index (χ1) is 16.7. The third-order valence-electron chi connectivity index (χ3n) is 6.31. The number of rotatable bonds is 5. The van der Waals surface area contributed by atoms with E-state index in [1.807, 2.05) is 6.07 Å². The van der Waals surface area contributed by atoms with E-state index in [0.717, 1.165) is 31.9 Å². The fourth-order valence-electron chi connectivity index (χ4n) is 4.20. The summed E-state index contributed by atoms with van der Waals surface area (Å²) in [6.07, 6.45) is 1.60. The molecule has 2 amide bonds. The maximum Gasteiger partial charge on any atom is 0.262 e. The molecule has 4 rings (SSSR count). The number of hydrogen-bond acceptors (Lipinski definition) is 5. The van der Waals surface area contributed by atoms with E-state index in [9.17, 15) is 14.0 Å². The van der Waals surface area contributed by atoms with Gasteiger partial charge in [-0.2, -0.15) is 0 Å². The van der Waals surface area contributed by atoms with Gasteiger partial charge in [0.1, 0.15) is 5.82 Å². The number of piperazine rings is 1. The molecule has 2 heterocycles. The molecule has 0 unspecified atom stereocenters. The van der Waals surface area contributed by atoms with Gasteiger partial charge in [0.25, 0.3) is 5.91 Å². The number of nitrogens with two attached hydrogens (primary N) is 1. The normalized spacial score (nSPS) is 14.1. The summed E-state index contributed by atoms with van der Waals surface area (Å²) < 4.78 is 14.6. The van der Waals surface area contributed by atoms with Gasteiger partial charge in [-0.1, -0.05) is 23.7 Å². The lowest BCUT2D eigenvalue weighted by atomic mass is 10.0. The summed E-state index contributed by atoms with van der Waals surface area (Å²) in [6, 6.07) is 11.3. The first-order valence-corrected chi connectivity index (χ1v) is 11.6. The van der Waals surface area contributed by atoms with Crippen LogP contribution in [0.2, 0.25) is 5.02 Å². The minimum Gasteiger partial charge on any atom is -0.366 e. The van der Waals surface area contributed by atoms with E-state index in [0.29, 0.717) is 33.1 Å². The first kappa shape index (κ1) is 24.6. The number of amides is 2. The van der Waals surface area contributed by atoms with Crippen LogP contribution in [0.25, 0.3) is 11.1 Å². The van der Waals surface area contributed by atoms with Crippen LogP contribution in [-0.4, -0.2) is 62.0 Å². The Hall–Kier alpha value is -3.49. The molecule has 35 heavy (non-hydrogen) atoms. The van der Waals surface area contributed by atoms with Gasteiger partial charge < -0.3 is 15.5 Å². The number of anilines is 2. The van der Waals surface area contributed by atoms with Gasteiger partial charge in [0.05, 0.1) is 11.3 Å². The van der Waals surface area contributed by atoms with Crippen molar-refractivity contribution in [2.45, 2.75) is 6.92 Å². The van der Waals surface area contributed by atoms with Crippen molar-refractivity contribution in [3.63, 3.8) is 0 Å². The van der Waals surface area contributed by atoms with Crippen molar-refractivity contribution in [2.75, 3.05) is 50.1 Å². The predicted molar refractivity (Wildman–Crippen MR) is 137 cm³/mol. The summed E-state index contributed by atoms with van der Waals surface area (Å²) in [7, 11) is 3.65. The Morgan fingerprint density at radius 3 is 2.49 bits per heavy atom. The van der Waals surface area contributed by atoms with Crippen molar-refractivity contribution >= 4 is 34.9 Å². The van der Waals surface area contributed by atoms with Crippen molar-refractivity contribution in [3.05, 3.63) is 76.2 Å². The molecule has 1 aliphatic rings. The van der Waals surface area contributed by atoms with Gasteiger partial charge in [0.2, 0.25) is 5.91 Å². The fourth-order valence-corrected chi connectivity index (χ4v) is 4.42. The van der Waals surface area contributed by atoms with E-state index in [4.69, 9.17) is 17.3 Å². The summed E-state index contributed by atoms with van der Waals surface area (Å²) in [5.41, 5.74) is 8.37. The summed E-state index contributed by atoms with van der Waals surface area (Å²) >= 11 is 6.45. The highest BCUT2D eigenvalue weighted by molar-refractivity contribution is 6.33. The number of aromatic nitrogens is 1. The largest absolute Gasteiger partial charge is 0.366 e. The van der Waals surface area contributed by atoms with Crippen molar-refractivity contribution in [1.82, 2.24) is 9.88 Å². The Balaban J connectivity index is 1.81. The summed E-state index contributed by atoms with van der Waals surface area (Å²) in [5.74, 6) is -1.20. The molecule has 0 spiro atoms. The van der Waals surface area contributed by atoms with E-state index >= 15 is 0 Å². The molecule has 0 aliphatic carbocycles. The first-order valence-electron chi connectivity index (χ1n) is 11.2. The molecular formula is C26H27ClFN5O2. The monoisotopic (exact) mass is 495 g/mol. The smallest absolute Gasteiger partial charge is 0.262 e. The zero-order valence-electron chi connectivity index (χ0n) is 19.9. The second kappa shape index (κ2) is 10.0. The van der Waals surface area contributed by atoms with Gasteiger partial charge in [0, 0.05) is 61.1 Å². The highest BCUT2D eigenvalue weighted by Gasteiger charge is 2.26. The molecule has 0 bridgehead atoms. The number of hydrogen-bond donors (Lipinski definition) is 1. The lowest BCUT2D eigenvalue weighted by Crippen LogP contribution is -2.45. The van der Waals surface area contributed by atoms with Gasteiger partial charge in [-0.05, 0) is 49.9 Å². The lowest BCUT2D eigenvalue weighted by Gasteiger charge is -2.36. The summed E-state index contributed by atoms with van der Waals surface area (Å²) in [5, 5.41) is 0.445. The molecule has 1 aliphatic heterocycles. The minimum absolute atomic E-state index is 0.0161. The minimum atomic E-state index is -0.574. The Kier molecular flexibility index (Phi) is 7.05. The number of pyridine rings is 1. The number of likely N-dealkylation sites (N-methyl/N-ethyl adjacent to an activating group) is 1. The molecule has 2 aromatic carbocycles. The number of halogens is 2. The number of carbonyl (C=O) groups is 2. The van der Waals surface area contributed by atoms with E-state index in [-0.39, 0.29) is 5.56 Å². The van der Waals surface area contributed by atoms with Crippen LogP contribution in [0.4, 0.5) is 15.9 Å². The number of aryl methyl sites for hydroxylation is 1. The topological polar surface area (TPSA) is 82.8 Å². The highest BCUT2D eigenvalue weighted by Crippen LogP contribution is 2.36. The quantitative estimate of drug-likeness (QED) is 0.579. The van der Waals surface area contributed by atoms with Gasteiger partial charge in [-0.3, -0.25) is 14.5 Å². The Morgan fingerprint density at radius 1 is 1.11 bits per heavy atom. The lowest BCUT2D eigenvalue weighted by molar-refractivity contribution is 0.0983. The molecule has 1 saturated heterocycles. The van der Waals surface area contributed by atoms with Gasteiger partial charge >= 0.3 is 0 Å². The summed E-state index contributed by atoms with van der Waals surface area (Å²) in [4.78, 5) is 35.4. The molecule has 9 heteroatoms. The van der Waals surface area contributed by atoms with Crippen LogP contribution in [0.1, 0.15) is 26.3 Å². The van der Waals surface area contributed by atoms with E-state index < -0.39 is 17.6 Å². The van der Waals surface area contributed by atoms with Crippen LogP contribution in [0, 0.1) is 12.7 Å². The Labute approximate surface area is 208 Å². The Morgan fingerprint density at radius 2 is 1.83 bits per heavy atom. The van der Waals surface area contributed by atoms with Crippen molar-refractivity contribution < 1.29 is 14.0 Å². The van der Waals surface area contributed by atoms with Crippen molar-refractivity contribution in [1.29, 1.82) is 0 Å². The number of carbonyl (C=O) groups excluding carboxylic acids is 2. The number of benzene rings is 2. The van der Waals surface area contributed by atoms with Crippen molar-refractivity contribution in [2.24, 2.45) is 5.73 Å². The predicted octanol–water partition coefficient (Wildman–Crippen LogP) is 3.98. The highest BCUT2D eigenvalue weighted by atomic mass is 35.5. The SMILES string of the molecule is Cc1cccc(F)c1C(=O)N(C)c1ncc(-c2cc(C(N)=O)ccc2Cl)cc1N1CCN(C)CC1. The number of nitrogens with zero attached hydrogens (tertiary/aromatic N) is 4. The van der Waals surface area contributed by atoms with Crippen LogP contribution in [0.5, 0.6) is 0 Å². The molecule has 182 valence electrons. The molecule has 1 aromatic heterocycles. The van der Waals surface area contributed by atoms with Gasteiger partial charge in [-0.15, -0.1) is 0 Å².